The molecule has 0 aliphatic heterocycles. The van der Waals surface area contributed by atoms with Gasteiger partial charge in [0.2, 0.25) is 0 Å². The Morgan fingerprint density at radius 2 is 2.15 bits per heavy atom. The normalized spacial score (nSPS) is 14.2. The first-order valence-corrected chi connectivity index (χ1v) is 4.23. The highest BCUT2D eigenvalue weighted by Gasteiger charge is 2.18. The molecule has 1 aromatic rings. The Kier molecular flexibility index (Phi) is 1.79. The van der Waals surface area contributed by atoms with Gasteiger partial charge in [-0.3, -0.25) is 0 Å². The summed E-state index contributed by atoms with van der Waals surface area (Å²) in [6, 6.07) is 2.68. The van der Waals surface area contributed by atoms with Gasteiger partial charge < -0.3 is 5.11 Å². The molecule has 0 amide bonds. The van der Waals surface area contributed by atoms with E-state index >= 15 is 0 Å². The van der Waals surface area contributed by atoms with E-state index in [-0.39, 0.29) is 11.4 Å². The van der Waals surface area contributed by atoms with E-state index in [1.807, 2.05) is 0 Å². The Labute approximate surface area is 75.0 Å². The molecule has 0 spiro atoms. The minimum absolute atomic E-state index is 0.0538. The molecular formula is C10H9FO2. The molecule has 0 saturated carbocycles. The average molecular weight is 180 g/mol. The molecule has 3 heteroatoms. The van der Waals surface area contributed by atoms with Crippen LogP contribution >= 0.6 is 0 Å². The van der Waals surface area contributed by atoms with Gasteiger partial charge in [0.05, 0.1) is 5.56 Å². The smallest absolute Gasteiger partial charge is 0.335 e. The van der Waals surface area contributed by atoms with E-state index in [9.17, 15) is 9.18 Å². The molecule has 0 atom stereocenters. The number of carboxylic acid groups (broad SMARTS) is 1. The number of hydrogen-bond acceptors (Lipinski definition) is 1. The van der Waals surface area contributed by atoms with Crippen LogP contribution in [0.1, 0.15) is 27.9 Å². The Hall–Kier alpha value is -1.38. The molecule has 1 aromatic carbocycles. The molecule has 13 heavy (non-hydrogen) atoms. The van der Waals surface area contributed by atoms with Gasteiger partial charge in [-0.2, -0.15) is 0 Å². The molecule has 0 heterocycles. The highest BCUT2D eigenvalue weighted by atomic mass is 19.1. The maximum atomic E-state index is 13.2. The Balaban J connectivity index is 2.55. The van der Waals surface area contributed by atoms with Crippen molar-refractivity contribution in [2.45, 2.75) is 19.3 Å². The third-order valence-electron chi connectivity index (χ3n) is 2.41. The monoisotopic (exact) mass is 180 g/mol. The van der Waals surface area contributed by atoms with E-state index in [0.29, 0.717) is 5.56 Å². The second kappa shape index (κ2) is 2.83. The molecule has 0 bridgehead atoms. The summed E-state index contributed by atoms with van der Waals surface area (Å²) >= 11 is 0. The van der Waals surface area contributed by atoms with Crippen LogP contribution in [0, 0.1) is 5.82 Å². The molecule has 68 valence electrons. The number of fused-ring (bicyclic) bond motifs is 1. The summed E-state index contributed by atoms with van der Waals surface area (Å²) < 4.78 is 13.2. The molecule has 2 rings (SSSR count). The van der Waals surface area contributed by atoms with E-state index in [0.717, 1.165) is 30.9 Å². The van der Waals surface area contributed by atoms with Crippen LogP contribution in [0.4, 0.5) is 4.39 Å². The fourth-order valence-corrected chi connectivity index (χ4v) is 1.78. The topological polar surface area (TPSA) is 37.3 Å². The zero-order valence-electron chi connectivity index (χ0n) is 7.01. The summed E-state index contributed by atoms with van der Waals surface area (Å²) in [7, 11) is 0. The number of aryl methyl sites for hydroxylation is 1. The van der Waals surface area contributed by atoms with Gasteiger partial charge in [-0.1, -0.05) is 0 Å². The van der Waals surface area contributed by atoms with Crippen molar-refractivity contribution in [3.63, 3.8) is 0 Å². The second-order valence-electron chi connectivity index (χ2n) is 3.25. The van der Waals surface area contributed by atoms with Gasteiger partial charge in [0, 0.05) is 0 Å². The number of carboxylic acids is 1. The van der Waals surface area contributed by atoms with Crippen LogP contribution in [-0.4, -0.2) is 11.1 Å². The van der Waals surface area contributed by atoms with Gasteiger partial charge in [0.1, 0.15) is 5.82 Å². The lowest BCUT2D eigenvalue weighted by atomic mass is 10.1. The van der Waals surface area contributed by atoms with E-state index < -0.39 is 5.97 Å². The molecule has 0 fully saturated rings. The number of halogens is 1. The number of hydrogen-bond donors (Lipinski definition) is 1. The predicted molar refractivity (Wildman–Crippen MR) is 45.4 cm³/mol. The molecule has 0 unspecified atom stereocenters. The fourth-order valence-electron chi connectivity index (χ4n) is 1.78. The van der Waals surface area contributed by atoms with Gasteiger partial charge in [-0.25, -0.2) is 9.18 Å². The third-order valence-corrected chi connectivity index (χ3v) is 2.41. The summed E-state index contributed by atoms with van der Waals surface area (Å²) in [6.45, 7) is 0. The van der Waals surface area contributed by atoms with Crippen LogP contribution in [0.15, 0.2) is 12.1 Å². The quantitative estimate of drug-likeness (QED) is 0.717. The largest absolute Gasteiger partial charge is 0.478 e. The van der Waals surface area contributed by atoms with Crippen molar-refractivity contribution in [3.8, 4) is 0 Å². The van der Waals surface area contributed by atoms with Crippen LogP contribution < -0.4 is 0 Å². The number of aromatic carboxylic acids is 1. The minimum atomic E-state index is -1.06. The maximum Gasteiger partial charge on any atom is 0.335 e. The predicted octanol–water partition coefficient (Wildman–Crippen LogP) is 2.01. The average Bonchev–Trinajstić information content (AvgIpc) is 2.51. The standard InChI is InChI=1S/C10H9FO2/c11-9-5-7(10(12)13)4-6-2-1-3-8(6)9/h4-5H,1-3H2,(H,12,13). The fraction of sp³-hybridized carbons (Fsp3) is 0.300. The summed E-state index contributed by atoms with van der Waals surface area (Å²) in [5, 5.41) is 8.67. The lowest BCUT2D eigenvalue weighted by Crippen LogP contribution is -2.00. The van der Waals surface area contributed by atoms with Crippen LogP contribution in [0.25, 0.3) is 0 Å². The van der Waals surface area contributed by atoms with Gasteiger partial charge in [0.25, 0.3) is 0 Å². The first kappa shape index (κ1) is 8.23. The molecule has 1 aliphatic rings. The molecular weight excluding hydrogens is 171 g/mol. The van der Waals surface area contributed by atoms with Gasteiger partial charge >= 0.3 is 5.97 Å². The van der Waals surface area contributed by atoms with Crippen molar-refractivity contribution in [2.24, 2.45) is 0 Å². The Bertz CT molecular complexity index is 371. The zero-order chi connectivity index (χ0) is 9.42. The number of rotatable bonds is 1. The first-order chi connectivity index (χ1) is 6.18. The highest BCUT2D eigenvalue weighted by molar-refractivity contribution is 5.88. The Morgan fingerprint density at radius 3 is 2.85 bits per heavy atom. The van der Waals surface area contributed by atoms with Crippen molar-refractivity contribution in [1.82, 2.24) is 0 Å². The van der Waals surface area contributed by atoms with Crippen molar-refractivity contribution >= 4 is 5.97 Å². The lowest BCUT2D eigenvalue weighted by Gasteiger charge is -2.02. The number of carbonyl (C=O) groups is 1. The van der Waals surface area contributed by atoms with Crippen molar-refractivity contribution in [1.29, 1.82) is 0 Å². The molecule has 2 nitrogen and oxygen atoms in total. The van der Waals surface area contributed by atoms with Gasteiger partial charge in [-0.15, -0.1) is 0 Å². The molecule has 0 radical (unpaired) electrons. The van der Waals surface area contributed by atoms with Crippen LogP contribution in [0.5, 0.6) is 0 Å². The van der Waals surface area contributed by atoms with E-state index in [1.165, 1.54) is 0 Å². The highest BCUT2D eigenvalue weighted by Crippen LogP contribution is 2.25. The van der Waals surface area contributed by atoms with Crippen LogP contribution in [0.2, 0.25) is 0 Å². The SMILES string of the molecule is O=C(O)c1cc(F)c2c(c1)CCC2. The second-order valence-corrected chi connectivity index (χ2v) is 3.25. The van der Waals surface area contributed by atoms with Crippen LogP contribution in [0.3, 0.4) is 0 Å². The van der Waals surface area contributed by atoms with Gasteiger partial charge in [0.15, 0.2) is 0 Å². The van der Waals surface area contributed by atoms with Gasteiger partial charge in [-0.05, 0) is 42.5 Å². The summed E-state index contributed by atoms with van der Waals surface area (Å²) in [5.74, 6) is -1.43. The zero-order valence-corrected chi connectivity index (χ0v) is 7.01. The summed E-state index contributed by atoms with van der Waals surface area (Å²) in [4.78, 5) is 10.6. The maximum absolute atomic E-state index is 13.2. The van der Waals surface area contributed by atoms with E-state index in [1.54, 1.807) is 6.07 Å². The third kappa shape index (κ3) is 1.30. The van der Waals surface area contributed by atoms with E-state index in [2.05, 4.69) is 0 Å². The molecule has 0 aromatic heterocycles. The summed E-state index contributed by atoms with van der Waals surface area (Å²) in [5.41, 5.74) is 1.61. The molecule has 1 N–H and O–H groups in total. The number of benzene rings is 1. The van der Waals surface area contributed by atoms with Crippen LogP contribution in [-0.2, 0) is 12.8 Å². The van der Waals surface area contributed by atoms with E-state index in [4.69, 9.17) is 5.11 Å². The summed E-state index contributed by atoms with van der Waals surface area (Å²) in [6.07, 6.45) is 2.46. The lowest BCUT2D eigenvalue weighted by molar-refractivity contribution is 0.0696. The van der Waals surface area contributed by atoms with Crippen molar-refractivity contribution in [3.05, 3.63) is 34.6 Å². The molecule has 1 aliphatic carbocycles. The Morgan fingerprint density at radius 1 is 1.38 bits per heavy atom. The van der Waals surface area contributed by atoms with Crippen molar-refractivity contribution in [2.75, 3.05) is 0 Å². The minimum Gasteiger partial charge on any atom is -0.478 e. The first-order valence-electron chi connectivity index (χ1n) is 4.23. The molecule has 0 saturated heterocycles. The van der Waals surface area contributed by atoms with Crippen molar-refractivity contribution < 1.29 is 14.3 Å².